The van der Waals surface area contributed by atoms with Crippen LogP contribution in [0.5, 0.6) is 0 Å². The molecule has 1 aliphatic carbocycles. The maximum Gasteiger partial charge on any atom is 0.241 e. The Hall–Kier alpha value is -1.00. The molecule has 2 N–H and O–H groups in total. The van der Waals surface area contributed by atoms with Crippen LogP contribution in [0.25, 0.3) is 0 Å². The van der Waals surface area contributed by atoms with Crippen molar-refractivity contribution in [3.63, 3.8) is 0 Å². The second kappa shape index (κ2) is 7.32. The molecule has 114 valence electrons. The SMILES string of the molecule is O=C(Nc1ccc(SC2CCCC2)cc1)C1CCCCN1. The molecule has 1 heterocycles. The van der Waals surface area contributed by atoms with E-state index in [9.17, 15) is 4.79 Å². The molecule has 0 spiro atoms. The number of piperidine rings is 1. The van der Waals surface area contributed by atoms with E-state index >= 15 is 0 Å². The maximum absolute atomic E-state index is 12.2. The van der Waals surface area contributed by atoms with Crippen molar-refractivity contribution >= 4 is 23.4 Å². The highest BCUT2D eigenvalue weighted by Gasteiger charge is 2.20. The zero-order chi connectivity index (χ0) is 14.5. The van der Waals surface area contributed by atoms with Crippen molar-refractivity contribution < 1.29 is 4.79 Å². The van der Waals surface area contributed by atoms with Crippen molar-refractivity contribution in [1.29, 1.82) is 0 Å². The summed E-state index contributed by atoms with van der Waals surface area (Å²) in [5.41, 5.74) is 0.906. The van der Waals surface area contributed by atoms with Gasteiger partial charge in [0, 0.05) is 15.8 Å². The number of hydrogen-bond acceptors (Lipinski definition) is 3. The van der Waals surface area contributed by atoms with Crippen LogP contribution >= 0.6 is 11.8 Å². The Labute approximate surface area is 131 Å². The Morgan fingerprint density at radius 2 is 1.76 bits per heavy atom. The van der Waals surface area contributed by atoms with Gasteiger partial charge in [0.1, 0.15) is 0 Å². The minimum absolute atomic E-state index is 0.0220. The van der Waals surface area contributed by atoms with Gasteiger partial charge in [0.15, 0.2) is 0 Å². The lowest BCUT2D eigenvalue weighted by molar-refractivity contribution is -0.118. The van der Waals surface area contributed by atoms with Crippen LogP contribution in [0.3, 0.4) is 0 Å². The maximum atomic E-state index is 12.2. The van der Waals surface area contributed by atoms with Crippen LogP contribution < -0.4 is 10.6 Å². The van der Waals surface area contributed by atoms with Gasteiger partial charge in [0.2, 0.25) is 5.91 Å². The number of rotatable bonds is 4. The Balaban J connectivity index is 1.52. The first-order valence-electron chi connectivity index (χ1n) is 8.12. The Bertz CT molecular complexity index is 462. The molecule has 1 aliphatic heterocycles. The van der Waals surface area contributed by atoms with E-state index in [-0.39, 0.29) is 11.9 Å². The van der Waals surface area contributed by atoms with Gasteiger partial charge in [-0.05, 0) is 56.5 Å². The van der Waals surface area contributed by atoms with E-state index in [1.165, 1.54) is 37.0 Å². The molecule has 3 rings (SSSR count). The summed E-state index contributed by atoms with van der Waals surface area (Å²) in [6, 6.07) is 8.29. The fourth-order valence-corrected chi connectivity index (χ4v) is 4.37. The second-order valence-corrected chi connectivity index (χ2v) is 7.41. The molecule has 1 aromatic rings. The number of benzene rings is 1. The first kappa shape index (κ1) is 14.9. The minimum Gasteiger partial charge on any atom is -0.325 e. The average Bonchev–Trinajstić information content (AvgIpc) is 3.03. The van der Waals surface area contributed by atoms with Crippen LogP contribution in [0.1, 0.15) is 44.9 Å². The van der Waals surface area contributed by atoms with Crippen LogP contribution in [0.15, 0.2) is 29.2 Å². The molecule has 1 amide bonds. The lowest BCUT2D eigenvalue weighted by Gasteiger charge is -2.22. The standard InChI is InChI=1S/C17H24N2OS/c20-17(16-7-3-4-12-18-16)19-13-8-10-15(11-9-13)21-14-5-1-2-6-14/h8-11,14,16,18H,1-7,12H2,(H,19,20). The summed E-state index contributed by atoms with van der Waals surface area (Å²) in [5.74, 6) is 0.103. The van der Waals surface area contributed by atoms with Gasteiger partial charge in [-0.3, -0.25) is 4.79 Å². The Morgan fingerprint density at radius 3 is 2.43 bits per heavy atom. The number of carbonyl (C=O) groups is 1. The molecule has 0 radical (unpaired) electrons. The van der Waals surface area contributed by atoms with Gasteiger partial charge < -0.3 is 10.6 Å². The zero-order valence-electron chi connectivity index (χ0n) is 12.4. The van der Waals surface area contributed by atoms with Crippen LogP contribution in [-0.4, -0.2) is 23.7 Å². The molecule has 1 saturated carbocycles. The van der Waals surface area contributed by atoms with Gasteiger partial charge in [-0.1, -0.05) is 19.3 Å². The highest BCUT2D eigenvalue weighted by Crippen LogP contribution is 2.34. The van der Waals surface area contributed by atoms with Crippen LogP contribution in [0.4, 0.5) is 5.69 Å². The van der Waals surface area contributed by atoms with Crippen molar-refractivity contribution in [2.75, 3.05) is 11.9 Å². The number of anilines is 1. The Kier molecular flexibility index (Phi) is 5.20. The predicted octanol–water partition coefficient (Wildman–Crippen LogP) is 3.80. The Morgan fingerprint density at radius 1 is 1.05 bits per heavy atom. The molecule has 2 fully saturated rings. The quantitative estimate of drug-likeness (QED) is 0.889. The molecular formula is C17H24N2OS. The van der Waals surface area contributed by atoms with E-state index < -0.39 is 0 Å². The van der Waals surface area contributed by atoms with E-state index in [0.717, 1.165) is 30.3 Å². The summed E-state index contributed by atoms with van der Waals surface area (Å²) in [4.78, 5) is 13.5. The minimum atomic E-state index is -0.0220. The summed E-state index contributed by atoms with van der Waals surface area (Å²) in [7, 11) is 0. The molecule has 0 bridgehead atoms. The van der Waals surface area contributed by atoms with E-state index in [1.54, 1.807) is 0 Å². The lowest BCUT2D eigenvalue weighted by Crippen LogP contribution is -2.43. The van der Waals surface area contributed by atoms with E-state index in [4.69, 9.17) is 0 Å². The molecule has 1 saturated heterocycles. The third kappa shape index (κ3) is 4.24. The highest BCUT2D eigenvalue weighted by molar-refractivity contribution is 8.00. The zero-order valence-corrected chi connectivity index (χ0v) is 13.3. The third-order valence-corrected chi connectivity index (χ3v) is 5.70. The van der Waals surface area contributed by atoms with Gasteiger partial charge in [-0.25, -0.2) is 0 Å². The van der Waals surface area contributed by atoms with Crippen LogP contribution in [0, 0.1) is 0 Å². The predicted molar refractivity (Wildman–Crippen MR) is 88.8 cm³/mol. The fourth-order valence-electron chi connectivity index (χ4n) is 3.12. The monoisotopic (exact) mass is 304 g/mol. The second-order valence-electron chi connectivity index (χ2n) is 6.04. The average molecular weight is 304 g/mol. The normalized spacial score (nSPS) is 23.1. The highest BCUT2D eigenvalue weighted by atomic mass is 32.2. The van der Waals surface area contributed by atoms with Crippen LogP contribution in [0.2, 0.25) is 0 Å². The van der Waals surface area contributed by atoms with Crippen molar-refractivity contribution in [3.8, 4) is 0 Å². The first-order valence-corrected chi connectivity index (χ1v) is 9.00. The molecule has 21 heavy (non-hydrogen) atoms. The van der Waals surface area contributed by atoms with E-state index in [1.807, 2.05) is 23.9 Å². The molecular weight excluding hydrogens is 280 g/mol. The van der Waals surface area contributed by atoms with Crippen molar-refractivity contribution in [2.24, 2.45) is 0 Å². The molecule has 2 aliphatic rings. The topological polar surface area (TPSA) is 41.1 Å². The van der Waals surface area contributed by atoms with Crippen molar-refractivity contribution in [2.45, 2.75) is 61.1 Å². The van der Waals surface area contributed by atoms with Gasteiger partial charge in [0.05, 0.1) is 6.04 Å². The summed E-state index contributed by atoms with van der Waals surface area (Å²) in [6.45, 7) is 0.953. The summed E-state index contributed by atoms with van der Waals surface area (Å²) in [6.07, 6.45) is 8.70. The van der Waals surface area contributed by atoms with E-state index in [0.29, 0.717) is 0 Å². The molecule has 0 aromatic heterocycles. The third-order valence-electron chi connectivity index (χ3n) is 4.35. The molecule has 1 aromatic carbocycles. The molecule has 1 atom stereocenters. The number of thioether (sulfide) groups is 1. The van der Waals surface area contributed by atoms with Gasteiger partial charge >= 0.3 is 0 Å². The van der Waals surface area contributed by atoms with Gasteiger partial charge in [-0.2, -0.15) is 0 Å². The largest absolute Gasteiger partial charge is 0.325 e. The number of carbonyl (C=O) groups excluding carboxylic acids is 1. The number of hydrogen-bond donors (Lipinski definition) is 2. The molecule has 4 heteroatoms. The number of nitrogens with one attached hydrogen (secondary N) is 2. The van der Waals surface area contributed by atoms with Crippen molar-refractivity contribution in [3.05, 3.63) is 24.3 Å². The summed E-state index contributed by atoms with van der Waals surface area (Å²) in [5, 5.41) is 7.09. The number of amides is 1. The van der Waals surface area contributed by atoms with Crippen LogP contribution in [-0.2, 0) is 4.79 Å². The lowest BCUT2D eigenvalue weighted by atomic mass is 10.0. The van der Waals surface area contributed by atoms with Crippen molar-refractivity contribution in [1.82, 2.24) is 5.32 Å². The molecule has 1 unspecified atom stereocenters. The van der Waals surface area contributed by atoms with Gasteiger partial charge in [0.25, 0.3) is 0 Å². The summed E-state index contributed by atoms with van der Waals surface area (Å²) >= 11 is 1.98. The fraction of sp³-hybridized carbons (Fsp3) is 0.588. The smallest absolute Gasteiger partial charge is 0.241 e. The summed E-state index contributed by atoms with van der Waals surface area (Å²) < 4.78 is 0. The first-order chi connectivity index (χ1) is 10.3. The van der Waals surface area contributed by atoms with E-state index in [2.05, 4.69) is 22.8 Å². The van der Waals surface area contributed by atoms with Gasteiger partial charge in [-0.15, -0.1) is 11.8 Å². The molecule has 3 nitrogen and oxygen atoms in total.